The number of amides is 3. The van der Waals surface area contributed by atoms with Gasteiger partial charge in [0.2, 0.25) is 0 Å². The highest BCUT2D eigenvalue weighted by molar-refractivity contribution is 7.93. The maximum atomic E-state index is 14.3. The van der Waals surface area contributed by atoms with Gasteiger partial charge in [-0.05, 0) is 60.5 Å². The van der Waals surface area contributed by atoms with E-state index in [1.54, 1.807) is 48.5 Å². The summed E-state index contributed by atoms with van der Waals surface area (Å²) in [6, 6.07) is 24.0. The number of sulfonamides is 1. The van der Waals surface area contributed by atoms with Crippen molar-refractivity contribution in [1.29, 1.82) is 0 Å². The highest BCUT2D eigenvalue weighted by atomic mass is 32.2. The van der Waals surface area contributed by atoms with E-state index in [-0.39, 0.29) is 54.4 Å². The van der Waals surface area contributed by atoms with E-state index in [0.29, 0.717) is 49.1 Å². The molecule has 4 aromatic carbocycles. The van der Waals surface area contributed by atoms with Gasteiger partial charge in [-0.3, -0.25) is 9.59 Å². The first-order valence-electron chi connectivity index (χ1n) is 15.3. The van der Waals surface area contributed by atoms with Gasteiger partial charge < -0.3 is 19.0 Å². The Labute approximate surface area is 279 Å². The number of hydrogen-bond acceptors (Lipinski definition) is 11. The standard InChI is InChI=1S/C35H27N3O10S/c39-31-16-17-32(40)37(31)48-33(41)18-11-22-9-13-24(14-10-22)49(43,44)38(23-12-15-29-30(21-23)46-20-19-45-29)35(42)47-34-25-5-1-3-7-27(25)36-28-8-4-2-6-26(28)34/h1-10,12-15,21H,11,16-20H2. The molecule has 0 N–H and O–H groups in total. The number of anilines is 1. The van der Waals surface area contributed by atoms with Crippen LogP contribution in [0.25, 0.3) is 21.8 Å². The first kappa shape index (κ1) is 31.6. The number of aryl methyl sites for hydroxylation is 1. The molecule has 1 fully saturated rings. The second kappa shape index (κ2) is 12.9. The maximum absolute atomic E-state index is 14.3. The van der Waals surface area contributed by atoms with E-state index >= 15 is 0 Å². The van der Waals surface area contributed by atoms with Crippen LogP contribution in [-0.4, -0.2) is 55.6 Å². The number of imide groups is 1. The number of carbonyl (C=O) groups is 4. The predicted molar refractivity (Wildman–Crippen MR) is 174 cm³/mol. The van der Waals surface area contributed by atoms with Gasteiger partial charge in [-0.1, -0.05) is 36.4 Å². The minimum atomic E-state index is -4.61. The van der Waals surface area contributed by atoms with Crippen molar-refractivity contribution in [2.24, 2.45) is 0 Å². The fourth-order valence-corrected chi connectivity index (χ4v) is 6.84. The molecule has 2 aliphatic heterocycles. The van der Waals surface area contributed by atoms with E-state index in [2.05, 4.69) is 4.98 Å². The minimum absolute atomic E-state index is 0.0192. The molecule has 13 nitrogen and oxygen atoms in total. The number of pyridine rings is 1. The Hall–Kier alpha value is -6.02. The molecular formula is C35H27N3O10S. The first-order valence-corrected chi connectivity index (χ1v) is 16.7. The van der Waals surface area contributed by atoms with E-state index < -0.39 is 33.9 Å². The van der Waals surface area contributed by atoms with Crippen molar-refractivity contribution in [1.82, 2.24) is 10.0 Å². The van der Waals surface area contributed by atoms with Crippen molar-refractivity contribution < 1.29 is 46.6 Å². The molecule has 49 heavy (non-hydrogen) atoms. The first-order chi connectivity index (χ1) is 23.7. The van der Waals surface area contributed by atoms with Crippen LogP contribution in [0.2, 0.25) is 0 Å². The van der Waals surface area contributed by atoms with Gasteiger partial charge in [0, 0.05) is 29.7 Å². The molecule has 3 amide bonds. The van der Waals surface area contributed by atoms with E-state index in [1.165, 1.54) is 42.5 Å². The van der Waals surface area contributed by atoms with Gasteiger partial charge >= 0.3 is 12.1 Å². The van der Waals surface area contributed by atoms with Gasteiger partial charge in [-0.25, -0.2) is 23.0 Å². The highest BCUT2D eigenvalue weighted by Gasteiger charge is 2.35. The third kappa shape index (κ3) is 6.21. The number of hydrogen-bond donors (Lipinski definition) is 0. The maximum Gasteiger partial charge on any atom is 0.434 e. The number of carbonyl (C=O) groups excluding carboxylic acids is 4. The van der Waals surface area contributed by atoms with Gasteiger partial charge in [-0.2, -0.15) is 4.31 Å². The van der Waals surface area contributed by atoms with Crippen LogP contribution >= 0.6 is 0 Å². The summed E-state index contributed by atoms with van der Waals surface area (Å²) in [5.74, 6) is -1.16. The second-order valence-corrected chi connectivity index (χ2v) is 12.9. The zero-order valence-corrected chi connectivity index (χ0v) is 26.6. The summed E-state index contributed by atoms with van der Waals surface area (Å²) in [5.41, 5.74) is 1.62. The number of fused-ring (bicyclic) bond motifs is 3. The van der Waals surface area contributed by atoms with Crippen LogP contribution in [0.15, 0.2) is 95.9 Å². The normalized spacial score (nSPS) is 14.2. The van der Waals surface area contributed by atoms with E-state index in [0.717, 1.165) is 0 Å². The SMILES string of the molecule is O=C(CCc1ccc(S(=O)(=O)N(C(=O)Oc2c3ccccc3nc3ccccc23)c2ccc3c(c2)OCCO3)cc1)ON1C(=O)CCC1=O. The number of benzene rings is 4. The summed E-state index contributed by atoms with van der Waals surface area (Å²) in [6.45, 7) is 0.555. The topological polar surface area (TPSA) is 159 Å². The molecule has 1 saturated heterocycles. The fraction of sp³-hybridized carbons (Fsp3) is 0.171. The zero-order valence-electron chi connectivity index (χ0n) is 25.7. The second-order valence-electron chi connectivity index (χ2n) is 11.1. The lowest BCUT2D eigenvalue weighted by atomic mass is 10.1. The van der Waals surface area contributed by atoms with Gasteiger partial charge in [0.1, 0.15) is 13.2 Å². The number of ether oxygens (including phenoxy) is 3. The van der Waals surface area contributed by atoms with Gasteiger partial charge in [-0.15, -0.1) is 5.06 Å². The van der Waals surface area contributed by atoms with Crippen molar-refractivity contribution in [3.63, 3.8) is 0 Å². The summed E-state index contributed by atoms with van der Waals surface area (Å²) in [5, 5.41) is 1.49. The van der Waals surface area contributed by atoms with Gasteiger partial charge in [0.25, 0.3) is 21.8 Å². The summed E-state index contributed by atoms with van der Waals surface area (Å²) >= 11 is 0. The Bertz CT molecular complexity index is 2190. The van der Waals surface area contributed by atoms with E-state index in [4.69, 9.17) is 19.0 Å². The van der Waals surface area contributed by atoms with Crippen molar-refractivity contribution in [2.75, 3.05) is 17.5 Å². The average molecular weight is 682 g/mol. The Morgan fingerprint density at radius 1 is 0.796 bits per heavy atom. The largest absolute Gasteiger partial charge is 0.486 e. The molecule has 0 unspecified atom stereocenters. The lowest BCUT2D eigenvalue weighted by Crippen LogP contribution is -2.39. The molecule has 1 aromatic heterocycles. The number of hydroxylamine groups is 2. The van der Waals surface area contributed by atoms with Crippen LogP contribution in [0, 0.1) is 0 Å². The Balaban J connectivity index is 1.20. The Morgan fingerprint density at radius 2 is 1.41 bits per heavy atom. The molecule has 0 spiro atoms. The molecular weight excluding hydrogens is 654 g/mol. The summed E-state index contributed by atoms with van der Waals surface area (Å²) in [7, 11) is -4.61. The predicted octanol–water partition coefficient (Wildman–Crippen LogP) is 5.09. The van der Waals surface area contributed by atoms with Crippen molar-refractivity contribution >= 4 is 61.4 Å². The Kier molecular flexibility index (Phi) is 8.30. The molecule has 14 heteroatoms. The smallest absolute Gasteiger partial charge is 0.434 e. The molecule has 248 valence electrons. The third-order valence-electron chi connectivity index (χ3n) is 7.93. The molecule has 0 radical (unpaired) electrons. The number of aromatic nitrogens is 1. The quantitative estimate of drug-likeness (QED) is 0.159. The fourth-order valence-electron chi connectivity index (χ4n) is 5.53. The molecule has 3 heterocycles. The highest BCUT2D eigenvalue weighted by Crippen LogP contribution is 2.38. The molecule has 0 bridgehead atoms. The average Bonchev–Trinajstić information content (AvgIpc) is 3.43. The Morgan fingerprint density at radius 3 is 2.06 bits per heavy atom. The molecule has 2 aliphatic rings. The lowest BCUT2D eigenvalue weighted by molar-refractivity contribution is -0.197. The van der Waals surface area contributed by atoms with Crippen LogP contribution < -0.4 is 18.5 Å². The van der Waals surface area contributed by atoms with Crippen molar-refractivity contribution in [3.8, 4) is 17.2 Å². The van der Waals surface area contributed by atoms with E-state index in [1.807, 2.05) is 0 Å². The minimum Gasteiger partial charge on any atom is -0.486 e. The molecule has 0 aliphatic carbocycles. The molecule has 7 rings (SSSR count). The summed E-state index contributed by atoms with van der Waals surface area (Å²) in [6.07, 6.45) is -1.28. The van der Waals surface area contributed by atoms with Crippen LogP contribution in [0.1, 0.15) is 24.8 Å². The van der Waals surface area contributed by atoms with E-state index in [9.17, 15) is 27.6 Å². The molecule has 0 atom stereocenters. The lowest BCUT2D eigenvalue weighted by Gasteiger charge is -2.25. The molecule has 5 aromatic rings. The van der Waals surface area contributed by atoms with Crippen LogP contribution in [-0.2, 0) is 35.7 Å². The van der Waals surface area contributed by atoms with Crippen LogP contribution in [0.4, 0.5) is 10.5 Å². The van der Waals surface area contributed by atoms with Crippen LogP contribution in [0.5, 0.6) is 17.2 Å². The summed E-state index contributed by atoms with van der Waals surface area (Å²) in [4.78, 5) is 59.2. The number of rotatable bonds is 8. The van der Waals surface area contributed by atoms with Crippen molar-refractivity contribution in [3.05, 3.63) is 96.6 Å². The monoisotopic (exact) mass is 681 g/mol. The zero-order chi connectivity index (χ0) is 34.1. The third-order valence-corrected chi connectivity index (χ3v) is 9.64. The van der Waals surface area contributed by atoms with Crippen molar-refractivity contribution in [2.45, 2.75) is 30.6 Å². The molecule has 0 saturated carbocycles. The summed E-state index contributed by atoms with van der Waals surface area (Å²) < 4.78 is 46.4. The number of nitrogens with zero attached hydrogens (tertiary/aromatic N) is 3. The van der Waals surface area contributed by atoms with Crippen LogP contribution in [0.3, 0.4) is 0 Å². The number of para-hydroxylation sites is 2. The van der Waals surface area contributed by atoms with Gasteiger partial charge in [0.15, 0.2) is 17.2 Å². The van der Waals surface area contributed by atoms with Gasteiger partial charge in [0.05, 0.1) is 28.0 Å².